The number of para-hydroxylation sites is 1. The second-order valence-electron chi connectivity index (χ2n) is 6.06. The second kappa shape index (κ2) is 7.01. The Morgan fingerprint density at radius 3 is 2.35 bits per heavy atom. The Balaban J connectivity index is 1.59. The van der Waals surface area contributed by atoms with Gasteiger partial charge in [-0.05, 0) is 55.4 Å². The molecule has 1 aliphatic rings. The fourth-order valence-corrected chi connectivity index (χ4v) is 3.16. The van der Waals surface area contributed by atoms with Crippen LogP contribution in [0.5, 0.6) is 0 Å². The highest BCUT2D eigenvalue weighted by Gasteiger charge is 2.19. The van der Waals surface area contributed by atoms with Crippen molar-refractivity contribution in [3.8, 4) is 0 Å². The maximum Gasteiger partial charge on any atom is 0.173 e. The molecule has 1 aliphatic heterocycles. The molecule has 0 atom stereocenters. The molecule has 120 valence electrons. The van der Waals surface area contributed by atoms with Gasteiger partial charge in [0.25, 0.3) is 0 Å². The van der Waals surface area contributed by atoms with Gasteiger partial charge in [-0.3, -0.25) is 0 Å². The fourth-order valence-electron chi connectivity index (χ4n) is 2.87. The van der Waals surface area contributed by atoms with E-state index < -0.39 is 0 Å². The molecule has 3 rings (SSSR count). The van der Waals surface area contributed by atoms with Gasteiger partial charge >= 0.3 is 0 Å². The topological polar surface area (TPSA) is 18.5 Å². The maximum atomic E-state index is 5.61. The first-order chi connectivity index (χ1) is 11.1. The van der Waals surface area contributed by atoms with Crippen molar-refractivity contribution in [3.05, 3.63) is 59.7 Å². The quantitative estimate of drug-likeness (QED) is 0.846. The summed E-state index contributed by atoms with van der Waals surface area (Å²) in [7, 11) is 0. The summed E-state index contributed by atoms with van der Waals surface area (Å²) < 4.78 is 0. The Morgan fingerprint density at radius 2 is 1.65 bits per heavy atom. The first-order valence-electron chi connectivity index (χ1n) is 8.06. The summed E-state index contributed by atoms with van der Waals surface area (Å²) in [4.78, 5) is 4.67. The van der Waals surface area contributed by atoms with Crippen LogP contribution in [-0.4, -0.2) is 36.2 Å². The molecule has 0 aromatic heterocycles. The third-order valence-electron chi connectivity index (χ3n) is 4.32. The summed E-state index contributed by atoms with van der Waals surface area (Å²) in [5, 5.41) is 4.24. The van der Waals surface area contributed by atoms with Gasteiger partial charge in [0, 0.05) is 37.6 Å². The Morgan fingerprint density at radius 1 is 0.957 bits per heavy atom. The second-order valence-corrected chi connectivity index (χ2v) is 6.44. The van der Waals surface area contributed by atoms with Gasteiger partial charge in [-0.15, -0.1) is 0 Å². The molecule has 2 aromatic rings. The van der Waals surface area contributed by atoms with Crippen LogP contribution in [-0.2, 0) is 0 Å². The molecular weight excluding hydrogens is 302 g/mol. The monoisotopic (exact) mass is 325 g/mol. The zero-order valence-electron chi connectivity index (χ0n) is 13.7. The Bertz CT molecular complexity index is 676. The van der Waals surface area contributed by atoms with Crippen LogP contribution in [0, 0.1) is 13.8 Å². The van der Waals surface area contributed by atoms with Crippen molar-refractivity contribution in [2.75, 3.05) is 36.4 Å². The number of rotatable bonds is 2. The molecule has 0 saturated carbocycles. The zero-order valence-corrected chi connectivity index (χ0v) is 14.6. The molecule has 3 nitrogen and oxygen atoms in total. The number of nitrogens with zero attached hydrogens (tertiary/aromatic N) is 2. The van der Waals surface area contributed by atoms with Crippen LogP contribution in [0.2, 0.25) is 0 Å². The van der Waals surface area contributed by atoms with Gasteiger partial charge in [0.15, 0.2) is 5.11 Å². The van der Waals surface area contributed by atoms with Crippen LogP contribution >= 0.6 is 12.2 Å². The first kappa shape index (κ1) is 15.8. The van der Waals surface area contributed by atoms with Gasteiger partial charge in [-0.1, -0.05) is 30.3 Å². The van der Waals surface area contributed by atoms with Crippen LogP contribution in [0.25, 0.3) is 0 Å². The lowest BCUT2D eigenvalue weighted by atomic mass is 10.1. The molecule has 1 fully saturated rings. The Kier molecular flexibility index (Phi) is 4.82. The minimum absolute atomic E-state index is 0.825. The van der Waals surface area contributed by atoms with Crippen molar-refractivity contribution < 1.29 is 0 Å². The average molecular weight is 325 g/mol. The highest BCUT2D eigenvalue weighted by molar-refractivity contribution is 7.80. The highest BCUT2D eigenvalue weighted by atomic mass is 32.1. The number of thiocarbonyl (C=S) groups is 1. The largest absolute Gasteiger partial charge is 0.368 e. The summed E-state index contributed by atoms with van der Waals surface area (Å²) in [6.07, 6.45) is 0. The molecule has 0 bridgehead atoms. The third-order valence-corrected chi connectivity index (χ3v) is 4.68. The molecule has 0 radical (unpaired) electrons. The fraction of sp³-hybridized carbons (Fsp3) is 0.316. The van der Waals surface area contributed by atoms with E-state index in [1.807, 2.05) is 0 Å². The van der Waals surface area contributed by atoms with E-state index in [4.69, 9.17) is 12.2 Å². The van der Waals surface area contributed by atoms with Gasteiger partial charge in [-0.25, -0.2) is 0 Å². The van der Waals surface area contributed by atoms with Crippen molar-refractivity contribution in [1.29, 1.82) is 0 Å². The number of hydrogen-bond acceptors (Lipinski definition) is 2. The molecule has 0 amide bonds. The smallest absolute Gasteiger partial charge is 0.173 e. The summed E-state index contributed by atoms with van der Waals surface area (Å²) >= 11 is 5.61. The van der Waals surface area contributed by atoms with Gasteiger partial charge < -0.3 is 15.1 Å². The molecular formula is C19H23N3S. The molecule has 1 heterocycles. The SMILES string of the molecule is Cc1ccc(C)c(NC(=S)N2CCN(c3ccccc3)CC2)c1. The molecule has 1 saturated heterocycles. The standard InChI is InChI=1S/C19H23N3S/c1-15-8-9-16(2)18(14-15)20-19(23)22-12-10-21(11-13-22)17-6-4-3-5-7-17/h3-9,14H,10-13H2,1-2H3,(H,20,23). The third kappa shape index (κ3) is 3.82. The normalized spacial score (nSPS) is 14.7. The molecule has 1 N–H and O–H groups in total. The van der Waals surface area contributed by atoms with Crippen LogP contribution in [0.1, 0.15) is 11.1 Å². The van der Waals surface area contributed by atoms with Crippen molar-refractivity contribution in [2.24, 2.45) is 0 Å². The number of anilines is 2. The van der Waals surface area contributed by atoms with E-state index in [9.17, 15) is 0 Å². The zero-order chi connectivity index (χ0) is 16.2. The van der Waals surface area contributed by atoms with Crippen LogP contribution < -0.4 is 10.2 Å². The number of piperazine rings is 1. The van der Waals surface area contributed by atoms with Gasteiger partial charge in [-0.2, -0.15) is 0 Å². The van der Waals surface area contributed by atoms with E-state index in [0.717, 1.165) is 37.0 Å². The minimum Gasteiger partial charge on any atom is -0.368 e. The summed E-state index contributed by atoms with van der Waals surface area (Å²) in [6.45, 7) is 8.11. The average Bonchev–Trinajstić information content (AvgIpc) is 2.59. The molecule has 2 aromatic carbocycles. The van der Waals surface area contributed by atoms with Crippen molar-refractivity contribution >= 4 is 28.7 Å². The lowest BCUT2D eigenvalue weighted by molar-refractivity contribution is 0.391. The molecule has 0 unspecified atom stereocenters. The van der Waals surface area contributed by atoms with Crippen LogP contribution in [0.15, 0.2) is 48.5 Å². The minimum atomic E-state index is 0.825. The highest BCUT2D eigenvalue weighted by Crippen LogP contribution is 2.19. The summed E-state index contributed by atoms with van der Waals surface area (Å²) in [6, 6.07) is 17.0. The van der Waals surface area contributed by atoms with Crippen LogP contribution in [0.4, 0.5) is 11.4 Å². The van der Waals surface area contributed by atoms with Gasteiger partial charge in [0.2, 0.25) is 0 Å². The van der Waals surface area contributed by atoms with Crippen LogP contribution in [0.3, 0.4) is 0 Å². The number of benzene rings is 2. The lowest BCUT2D eigenvalue weighted by Crippen LogP contribution is -2.50. The van der Waals surface area contributed by atoms with E-state index in [1.165, 1.54) is 16.8 Å². The summed E-state index contributed by atoms with van der Waals surface area (Å²) in [5.41, 5.74) is 4.87. The van der Waals surface area contributed by atoms with Crippen molar-refractivity contribution in [2.45, 2.75) is 13.8 Å². The predicted molar refractivity (Wildman–Crippen MR) is 102 cm³/mol. The molecule has 4 heteroatoms. The predicted octanol–water partition coefficient (Wildman–Crippen LogP) is 3.82. The Labute approximate surface area is 143 Å². The Hall–Kier alpha value is -2.07. The van der Waals surface area contributed by atoms with E-state index in [2.05, 4.69) is 77.5 Å². The number of hydrogen-bond donors (Lipinski definition) is 1. The van der Waals surface area contributed by atoms with E-state index in [1.54, 1.807) is 0 Å². The van der Waals surface area contributed by atoms with Crippen molar-refractivity contribution in [1.82, 2.24) is 4.90 Å². The number of nitrogens with one attached hydrogen (secondary N) is 1. The van der Waals surface area contributed by atoms with E-state index in [-0.39, 0.29) is 0 Å². The van der Waals surface area contributed by atoms with E-state index >= 15 is 0 Å². The first-order valence-corrected chi connectivity index (χ1v) is 8.47. The van der Waals surface area contributed by atoms with Gasteiger partial charge in [0.05, 0.1) is 0 Å². The molecule has 23 heavy (non-hydrogen) atoms. The van der Waals surface area contributed by atoms with E-state index in [0.29, 0.717) is 0 Å². The molecule has 0 aliphatic carbocycles. The summed E-state index contributed by atoms with van der Waals surface area (Å²) in [5.74, 6) is 0. The lowest BCUT2D eigenvalue weighted by Gasteiger charge is -2.37. The van der Waals surface area contributed by atoms with Crippen molar-refractivity contribution in [3.63, 3.8) is 0 Å². The molecule has 0 spiro atoms. The number of aryl methyl sites for hydroxylation is 2. The maximum absolute atomic E-state index is 5.61. The van der Waals surface area contributed by atoms with Gasteiger partial charge in [0.1, 0.15) is 0 Å².